The number of carbonyl (C=O) groups is 3. The molecule has 3 aliphatic rings. The van der Waals surface area contributed by atoms with E-state index in [4.69, 9.17) is 4.74 Å². The molecule has 2 bridgehead atoms. The minimum atomic E-state index is -1.59. The average Bonchev–Trinajstić information content (AvgIpc) is 2.91. The van der Waals surface area contributed by atoms with Gasteiger partial charge in [0.15, 0.2) is 22.8 Å². The minimum Gasteiger partial charge on any atom is -0.490 e. The molecule has 1 unspecified atom stereocenters. The van der Waals surface area contributed by atoms with Crippen LogP contribution in [0.25, 0.3) is 0 Å². The quantitative estimate of drug-likeness (QED) is 0.169. The molecule has 4 heteroatoms. The van der Waals surface area contributed by atoms with Gasteiger partial charge in [0.25, 0.3) is 0 Å². The van der Waals surface area contributed by atoms with Crippen LogP contribution in [0.2, 0.25) is 0 Å². The van der Waals surface area contributed by atoms with E-state index >= 15 is 9.59 Å². The third kappa shape index (κ3) is 5.31. The third-order valence-corrected chi connectivity index (χ3v) is 10.1. The van der Waals surface area contributed by atoms with Gasteiger partial charge in [0.1, 0.15) is 11.4 Å². The predicted octanol–water partition coefficient (Wildman–Crippen LogP) is 9.32. The highest BCUT2D eigenvalue weighted by molar-refractivity contribution is 6.30. The Labute approximate surface area is 253 Å². The highest BCUT2D eigenvalue weighted by Gasteiger charge is 2.75. The Hall–Kier alpha value is -3.01. The van der Waals surface area contributed by atoms with Gasteiger partial charge in [0.05, 0.1) is 5.41 Å². The van der Waals surface area contributed by atoms with Crippen molar-refractivity contribution in [2.45, 2.75) is 113 Å². The fourth-order valence-electron chi connectivity index (χ4n) is 7.42. The maximum atomic E-state index is 15.3. The lowest BCUT2D eigenvalue weighted by molar-refractivity contribution is -0.170. The number of ketones is 3. The van der Waals surface area contributed by atoms with E-state index in [1.165, 1.54) is 11.1 Å². The van der Waals surface area contributed by atoms with Crippen LogP contribution in [-0.2, 0) is 14.3 Å². The molecule has 1 fully saturated rings. The van der Waals surface area contributed by atoms with Crippen molar-refractivity contribution < 1.29 is 19.1 Å². The molecule has 1 saturated carbocycles. The fourth-order valence-corrected chi connectivity index (χ4v) is 7.42. The summed E-state index contributed by atoms with van der Waals surface area (Å²) >= 11 is 0. The van der Waals surface area contributed by atoms with E-state index in [9.17, 15) is 4.79 Å². The average molecular weight is 571 g/mol. The summed E-state index contributed by atoms with van der Waals surface area (Å²) in [7, 11) is 0. The van der Waals surface area contributed by atoms with Crippen molar-refractivity contribution in [1.29, 1.82) is 0 Å². The summed E-state index contributed by atoms with van der Waals surface area (Å²) in [6.45, 7) is 18.5. The molecular weight excluding hydrogens is 520 g/mol. The second kappa shape index (κ2) is 11.6. The molecule has 0 spiro atoms. The van der Waals surface area contributed by atoms with Gasteiger partial charge in [-0.3, -0.25) is 14.4 Å². The summed E-state index contributed by atoms with van der Waals surface area (Å²) in [5, 5.41) is 0. The first-order valence-electron chi connectivity index (χ1n) is 15.6. The highest BCUT2D eigenvalue weighted by atomic mass is 16.5. The van der Waals surface area contributed by atoms with Crippen LogP contribution in [0.1, 0.15) is 118 Å². The van der Waals surface area contributed by atoms with Crippen LogP contribution < -0.4 is 0 Å². The van der Waals surface area contributed by atoms with Crippen LogP contribution >= 0.6 is 0 Å². The van der Waals surface area contributed by atoms with Crippen molar-refractivity contribution in [1.82, 2.24) is 0 Å². The minimum absolute atomic E-state index is 0.0798. The van der Waals surface area contributed by atoms with Gasteiger partial charge in [0, 0.05) is 11.1 Å². The number of rotatable bonds is 9. The van der Waals surface area contributed by atoms with Crippen molar-refractivity contribution >= 4 is 17.3 Å². The van der Waals surface area contributed by atoms with Crippen molar-refractivity contribution in [2.24, 2.45) is 22.2 Å². The zero-order valence-electron chi connectivity index (χ0n) is 27.3. The topological polar surface area (TPSA) is 60.4 Å². The zero-order chi connectivity index (χ0) is 31.1. The maximum absolute atomic E-state index is 15.3. The first-order valence-corrected chi connectivity index (χ1v) is 15.6. The highest BCUT2D eigenvalue weighted by Crippen LogP contribution is 2.68. The summed E-state index contributed by atoms with van der Waals surface area (Å²) in [5.41, 5.74) is 0.408. The Morgan fingerprint density at radius 3 is 2.19 bits per heavy atom. The first kappa shape index (κ1) is 31.9. The van der Waals surface area contributed by atoms with E-state index in [0.29, 0.717) is 49.0 Å². The van der Waals surface area contributed by atoms with E-state index in [1.54, 1.807) is 12.1 Å². The molecule has 226 valence electrons. The van der Waals surface area contributed by atoms with Crippen molar-refractivity contribution in [3.8, 4) is 0 Å². The molecule has 0 radical (unpaired) electrons. The van der Waals surface area contributed by atoms with Gasteiger partial charge in [0.2, 0.25) is 0 Å². The Kier molecular flexibility index (Phi) is 8.80. The molecule has 0 amide bonds. The lowest BCUT2D eigenvalue weighted by Crippen LogP contribution is -2.69. The summed E-state index contributed by atoms with van der Waals surface area (Å²) in [6.07, 6.45) is 10.9. The largest absolute Gasteiger partial charge is 0.490 e. The van der Waals surface area contributed by atoms with Gasteiger partial charge in [-0.05, 0) is 105 Å². The molecule has 4 rings (SSSR count). The number of Topliss-reactive ketones (excluding diaryl/α,β-unsaturated/α-hetero) is 3. The van der Waals surface area contributed by atoms with Crippen molar-refractivity contribution in [3.05, 3.63) is 82.2 Å². The molecule has 3 atom stereocenters. The van der Waals surface area contributed by atoms with E-state index in [1.807, 2.05) is 32.0 Å². The van der Waals surface area contributed by atoms with Crippen molar-refractivity contribution in [2.75, 3.05) is 0 Å². The maximum Gasteiger partial charge on any atom is 0.184 e. The fraction of sp³-hybridized carbons (Fsp3) is 0.553. The van der Waals surface area contributed by atoms with Crippen LogP contribution in [-0.4, -0.2) is 23.0 Å². The second-order valence-electron chi connectivity index (χ2n) is 14.6. The van der Waals surface area contributed by atoms with E-state index in [-0.39, 0.29) is 23.3 Å². The summed E-state index contributed by atoms with van der Waals surface area (Å²) in [4.78, 5) is 45.1. The number of hydrogen-bond donors (Lipinski definition) is 0. The smallest absolute Gasteiger partial charge is 0.184 e. The molecule has 4 nitrogen and oxygen atoms in total. The molecule has 2 aliphatic carbocycles. The second-order valence-corrected chi connectivity index (χ2v) is 14.6. The van der Waals surface area contributed by atoms with Gasteiger partial charge in [-0.25, -0.2) is 0 Å². The standard InChI is InChI=1S/C38H50O4/c1-25(2)14-13-15-27(5)20-23-37-24-29(19-18-26(3)4)36(8,9)38(34(37)41,31(39)28-16-11-10-12-17-28)33-30(32(37)40)21-22-35(6,7)42-33/h10-12,14,16-18,20,29H,13,15,19,21-24H2,1-9H3/b27-20-/t29-,37+,38?/m0/s1. The number of hydrogen-bond acceptors (Lipinski definition) is 4. The molecule has 0 saturated heterocycles. The lowest BCUT2D eigenvalue weighted by Gasteiger charge is -2.61. The van der Waals surface area contributed by atoms with Crippen LogP contribution in [0, 0.1) is 22.2 Å². The molecular formula is C38H50O4. The van der Waals surface area contributed by atoms with Crippen LogP contribution in [0.3, 0.4) is 0 Å². The van der Waals surface area contributed by atoms with Crippen LogP contribution in [0.15, 0.2) is 76.6 Å². The van der Waals surface area contributed by atoms with E-state index in [0.717, 1.165) is 18.4 Å². The summed E-state index contributed by atoms with van der Waals surface area (Å²) in [6, 6.07) is 9.14. The van der Waals surface area contributed by atoms with Gasteiger partial charge in [-0.2, -0.15) is 0 Å². The number of ether oxygens (including phenoxy) is 1. The molecule has 1 aromatic carbocycles. The van der Waals surface area contributed by atoms with E-state index in [2.05, 4.69) is 66.7 Å². The van der Waals surface area contributed by atoms with Gasteiger partial charge in [-0.1, -0.05) is 79.1 Å². The van der Waals surface area contributed by atoms with Gasteiger partial charge in [-0.15, -0.1) is 0 Å². The number of carbonyl (C=O) groups excluding carboxylic acids is 3. The molecule has 1 aromatic rings. The monoisotopic (exact) mass is 570 g/mol. The van der Waals surface area contributed by atoms with Crippen LogP contribution in [0.4, 0.5) is 0 Å². The van der Waals surface area contributed by atoms with Gasteiger partial charge < -0.3 is 4.74 Å². The third-order valence-electron chi connectivity index (χ3n) is 10.1. The summed E-state index contributed by atoms with van der Waals surface area (Å²) in [5.74, 6) is -0.387. The Balaban J connectivity index is 2.00. The molecule has 42 heavy (non-hydrogen) atoms. The number of allylic oxidation sites excluding steroid dienone is 8. The Morgan fingerprint density at radius 2 is 1.57 bits per heavy atom. The molecule has 0 N–H and O–H groups in total. The Bertz CT molecular complexity index is 1380. The summed E-state index contributed by atoms with van der Waals surface area (Å²) < 4.78 is 6.69. The molecule has 1 heterocycles. The molecule has 0 aromatic heterocycles. The predicted molar refractivity (Wildman–Crippen MR) is 170 cm³/mol. The normalized spacial score (nSPS) is 28.0. The zero-order valence-corrected chi connectivity index (χ0v) is 27.3. The first-order chi connectivity index (χ1) is 19.6. The van der Waals surface area contributed by atoms with Gasteiger partial charge >= 0.3 is 0 Å². The van der Waals surface area contributed by atoms with Crippen molar-refractivity contribution in [3.63, 3.8) is 0 Å². The lowest BCUT2D eigenvalue weighted by atomic mass is 9.39. The van der Waals surface area contributed by atoms with E-state index < -0.39 is 21.8 Å². The number of fused-ring (bicyclic) bond motifs is 3. The SMILES string of the molecule is CC(C)=CCC/C(C)=C\C[C@]12C[C@H](CC=C(C)C)C(C)(C)C(C(=O)c3ccccc3)(C1=O)C1=C(CCC(C)(C)O1)C2=O. The molecule has 1 aliphatic heterocycles. The Morgan fingerprint density at radius 1 is 0.929 bits per heavy atom. The van der Waals surface area contributed by atoms with Crippen LogP contribution in [0.5, 0.6) is 0 Å². The number of benzene rings is 1.